The van der Waals surface area contributed by atoms with Crippen molar-refractivity contribution in [3.05, 3.63) is 59.6 Å². The van der Waals surface area contributed by atoms with Gasteiger partial charge in [0.25, 0.3) is 0 Å². The molecular weight excluding hydrogens is 392 g/mol. The second-order valence-corrected chi connectivity index (χ2v) is 9.40. The van der Waals surface area contributed by atoms with Crippen LogP contribution in [0.15, 0.2) is 59.5 Å². The Morgan fingerprint density at radius 1 is 1.11 bits per heavy atom. The van der Waals surface area contributed by atoms with Gasteiger partial charge < -0.3 is 5.32 Å². The molecule has 1 atom stereocenters. The van der Waals surface area contributed by atoms with Crippen LogP contribution in [0, 0.1) is 0 Å². The van der Waals surface area contributed by atoms with Gasteiger partial charge in [0.2, 0.25) is 5.91 Å². The molecule has 1 N–H and O–H groups in total. The van der Waals surface area contributed by atoms with Gasteiger partial charge in [-0.15, -0.1) is 23.1 Å². The summed E-state index contributed by atoms with van der Waals surface area (Å²) >= 11 is 5.29. The summed E-state index contributed by atoms with van der Waals surface area (Å²) < 4.78 is 1.18. The lowest BCUT2D eigenvalue weighted by molar-refractivity contribution is -0.121. The first-order chi connectivity index (χ1) is 13.3. The number of thiazole rings is 1. The molecule has 27 heavy (non-hydrogen) atoms. The van der Waals surface area contributed by atoms with Crippen molar-refractivity contribution < 1.29 is 4.79 Å². The number of hydrogen-bond donors (Lipinski definition) is 1. The average molecular weight is 417 g/mol. The molecule has 0 bridgehead atoms. The molecule has 3 aromatic rings. The first kappa shape index (κ1) is 20.2. The van der Waals surface area contributed by atoms with E-state index in [1.165, 1.54) is 9.60 Å². The number of amides is 1. The van der Waals surface area contributed by atoms with Crippen molar-refractivity contribution in [2.24, 2.45) is 0 Å². The summed E-state index contributed by atoms with van der Waals surface area (Å²) in [5, 5.41) is 4.23. The number of hydrogen-bond acceptors (Lipinski definition) is 5. The normalized spacial score (nSPS) is 12.2. The minimum atomic E-state index is 0.00382. The van der Waals surface area contributed by atoms with E-state index in [-0.39, 0.29) is 11.9 Å². The first-order valence-corrected chi connectivity index (χ1v) is 12.3. The van der Waals surface area contributed by atoms with E-state index < -0.39 is 0 Å². The number of benzene rings is 2. The molecule has 0 radical (unpaired) electrons. The zero-order valence-corrected chi connectivity index (χ0v) is 17.8. The number of nitrogens with zero attached hydrogens (tertiary/aromatic N) is 1. The fraction of sp³-hybridized carbons (Fsp3) is 0.333. The van der Waals surface area contributed by atoms with E-state index >= 15 is 0 Å². The molecule has 3 rings (SSSR count). The highest BCUT2D eigenvalue weighted by molar-refractivity contribution is 7.99. The summed E-state index contributed by atoms with van der Waals surface area (Å²) in [6.45, 7) is 0. The van der Waals surface area contributed by atoms with Crippen molar-refractivity contribution >= 4 is 51.0 Å². The molecule has 1 aromatic heterocycles. The van der Waals surface area contributed by atoms with Crippen LogP contribution in [0.4, 0.5) is 0 Å². The van der Waals surface area contributed by atoms with Crippen LogP contribution in [-0.2, 0) is 4.79 Å². The van der Waals surface area contributed by atoms with Gasteiger partial charge in [0.05, 0.1) is 16.3 Å². The van der Waals surface area contributed by atoms with E-state index in [0.717, 1.165) is 34.9 Å². The van der Waals surface area contributed by atoms with E-state index in [1.807, 2.05) is 36.4 Å². The minimum Gasteiger partial charge on any atom is -0.347 e. The zero-order chi connectivity index (χ0) is 18.9. The molecule has 3 nitrogen and oxygen atoms in total. The average Bonchev–Trinajstić information content (AvgIpc) is 3.13. The van der Waals surface area contributed by atoms with Gasteiger partial charge in [0.1, 0.15) is 5.01 Å². The van der Waals surface area contributed by atoms with E-state index in [9.17, 15) is 4.79 Å². The van der Waals surface area contributed by atoms with Crippen molar-refractivity contribution in [3.63, 3.8) is 0 Å². The lowest BCUT2D eigenvalue weighted by atomic mass is 10.2. The number of fused-ring (bicyclic) bond motifs is 1. The Labute approximate surface area is 173 Å². The molecule has 1 heterocycles. The Hall–Kier alpha value is -1.50. The van der Waals surface area contributed by atoms with Crippen LogP contribution in [0.5, 0.6) is 0 Å². The smallest absolute Gasteiger partial charge is 0.220 e. The number of carbonyl (C=O) groups excluding carboxylic acids is 1. The Morgan fingerprint density at radius 2 is 1.89 bits per heavy atom. The number of nitrogens with one attached hydrogen (secondary N) is 1. The molecule has 0 saturated carbocycles. The quantitative estimate of drug-likeness (QED) is 0.336. The van der Waals surface area contributed by atoms with Gasteiger partial charge in [-0.2, -0.15) is 11.8 Å². The Bertz CT molecular complexity index is 818. The minimum absolute atomic E-state index is 0.00382. The molecule has 0 unspecified atom stereocenters. The van der Waals surface area contributed by atoms with Crippen LogP contribution in [0.1, 0.15) is 30.3 Å². The summed E-state index contributed by atoms with van der Waals surface area (Å²) in [5.41, 5.74) is 1.01. The molecule has 0 fully saturated rings. The van der Waals surface area contributed by atoms with E-state index in [2.05, 4.69) is 29.8 Å². The monoisotopic (exact) mass is 416 g/mol. The van der Waals surface area contributed by atoms with Gasteiger partial charge in [-0.1, -0.05) is 30.3 Å². The van der Waals surface area contributed by atoms with Gasteiger partial charge in [-0.3, -0.25) is 4.79 Å². The van der Waals surface area contributed by atoms with Crippen LogP contribution in [0.25, 0.3) is 10.2 Å². The standard InChI is InChI=1S/C21H24N2OS3/c1-25-15-13-18(21-23-17-10-5-6-11-19(17)27-21)22-20(24)12-7-14-26-16-8-3-2-4-9-16/h2-6,8-11,18H,7,12-15H2,1H3,(H,22,24)/t18-/m0/s1. The number of para-hydroxylation sites is 1. The number of rotatable bonds is 10. The highest BCUT2D eigenvalue weighted by Crippen LogP contribution is 2.29. The Kier molecular flexibility index (Phi) is 8.05. The van der Waals surface area contributed by atoms with Crippen molar-refractivity contribution in [2.45, 2.75) is 30.2 Å². The Morgan fingerprint density at radius 3 is 2.67 bits per heavy atom. The summed E-state index contributed by atoms with van der Waals surface area (Å²) in [7, 11) is 0. The molecule has 0 spiro atoms. The predicted octanol–water partition coefficient (Wildman–Crippen LogP) is 5.78. The number of thioether (sulfide) groups is 2. The van der Waals surface area contributed by atoms with E-state index in [4.69, 9.17) is 4.98 Å². The molecule has 0 aliphatic heterocycles. The third-order valence-corrected chi connectivity index (χ3v) is 7.01. The molecular formula is C21H24N2OS3. The topological polar surface area (TPSA) is 42.0 Å². The number of carbonyl (C=O) groups is 1. The van der Waals surface area contributed by atoms with Crippen LogP contribution in [0.2, 0.25) is 0 Å². The summed E-state index contributed by atoms with van der Waals surface area (Å²) in [6.07, 6.45) is 4.44. The van der Waals surface area contributed by atoms with Crippen LogP contribution >= 0.6 is 34.9 Å². The highest BCUT2D eigenvalue weighted by atomic mass is 32.2. The van der Waals surface area contributed by atoms with Gasteiger partial charge in [0.15, 0.2) is 0 Å². The molecule has 1 amide bonds. The summed E-state index contributed by atoms with van der Waals surface area (Å²) in [6, 6.07) is 18.5. The Balaban J connectivity index is 1.53. The molecule has 6 heteroatoms. The summed E-state index contributed by atoms with van der Waals surface area (Å²) in [4.78, 5) is 18.5. The molecule has 0 aliphatic carbocycles. The maximum atomic E-state index is 12.5. The van der Waals surface area contributed by atoms with Crippen LogP contribution in [-0.4, -0.2) is 28.7 Å². The first-order valence-electron chi connectivity index (χ1n) is 9.08. The van der Waals surface area contributed by atoms with Crippen LogP contribution in [0.3, 0.4) is 0 Å². The third-order valence-electron chi connectivity index (χ3n) is 4.11. The maximum Gasteiger partial charge on any atom is 0.220 e. The highest BCUT2D eigenvalue weighted by Gasteiger charge is 2.18. The van der Waals surface area contributed by atoms with Gasteiger partial charge >= 0.3 is 0 Å². The predicted molar refractivity (Wildman–Crippen MR) is 120 cm³/mol. The second-order valence-electron chi connectivity index (χ2n) is 6.19. The van der Waals surface area contributed by atoms with Gasteiger partial charge in [-0.05, 0) is 54.9 Å². The van der Waals surface area contributed by atoms with Crippen molar-refractivity contribution in [2.75, 3.05) is 17.8 Å². The molecule has 0 saturated heterocycles. The van der Waals surface area contributed by atoms with Gasteiger partial charge in [0, 0.05) is 11.3 Å². The fourth-order valence-electron chi connectivity index (χ4n) is 2.74. The SMILES string of the molecule is CSCC[C@H](NC(=O)CCCSc1ccccc1)c1nc2ccccc2s1. The van der Waals surface area contributed by atoms with Crippen molar-refractivity contribution in [1.82, 2.24) is 10.3 Å². The molecule has 142 valence electrons. The summed E-state index contributed by atoms with van der Waals surface area (Å²) in [5.74, 6) is 2.08. The van der Waals surface area contributed by atoms with Gasteiger partial charge in [-0.25, -0.2) is 4.98 Å². The lowest BCUT2D eigenvalue weighted by Crippen LogP contribution is -2.28. The third kappa shape index (κ3) is 6.26. The molecule has 2 aromatic carbocycles. The zero-order valence-electron chi connectivity index (χ0n) is 15.4. The van der Waals surface area contributed by atoms with Crippen molar-refractivity contribution in [1.29, 1.82) is 0 Å². The second kappa shape index (κ2) is 10.7. The largest absolute Gasteiger partial charge is 0.347 e. The van der Waals surface area contributed by atoms with Crippen LogP contribution < -0.4 is 5.32 Å². The number of aromatic nitrogens is 1. The van der Waals surface area contributed by atoms with E-state index in [0.29, 0.717) is 6.42 Å². The van der Waals surface area contributed by atoms with Crippen molar-refractivity contribution in [3.8, 4) is 0 Å². The fourth-order valence-corrected chi connectivity index (χ4v) is 5.14. The van der Waals surface area contributed by atoms with E-state index in [1.54, 1.807) is 34.9 Å². The maximum absolute atomic E-state index is 12.5. The lowest BCUT2D eigenvalue weighted by Gasteiger charge is -2.16. The molecule has 0 aliphatic rings.